The second kappa shape index (κ2) is 9.24. The highest BCUT2D eigenvalue weighted by Crippen LogP contribution is 2.07. The van der Waals surface area contributed by atoms with E-state index >= 15 is 0 Å². The molecule has 2 N–H and O–H groups in total. The topological polar surface area (TPSA) is 58.6 Å². The number of carbonyl (C=O) groups excluding carboxylic acids is 1. The molecule has 0 aromatic heterocycles. The molecule has 5 heteroatoms. The van der Waals surface area contributed by atoms with Crippen molar-refractivity contribution >= 4 is 12.0 Å². The zero-order valence-electron chi connectivity index (χ0n) is 10.6. The van der Waals surface area contributed by atoms with Gasteiger partial charge in [0.2, 0.25) is 5.91 Å². The van der Waals surface area contributed by atoms with Gasteiger partial charge in [0.15, 0.2) is 0 Å². The molecule has 0 saturated carbocycles. The predicted octanol–water partition coefficient (Wildman–Crippen LogP) is 1.35. The molecule has 0 aliphatic heterocycles. The minimum absolute atomic E-state index is 0.00225. The van der Waals surface area contributed by atoms with Gasteiger partial charge in [-0.3, -0.25) is 4.79 Å². The van der Waals surface area contributed by atoms with E-state index in [0.29, 0.717) is 31.7 Å². The van der Waals surface area contributed by atoms with E-state index < -0.39 is 0 Å². The van der Waals surface area contributed by atoms with Crippen molar-refractivity contribution in [3.63, 3.8) is 0 Å². The molecule has 0 heterocycles. The summed E-state index contributed by atoms with van der Waals surface area (Å²) in [5.74, 6) is -0.630. The molecule has 0 spiro atoms. The van der Waals surface area contributed by atoms with Crippen LogP contribution in [-0.2, 0) is 9.53 Å². The summed E-state index contributed by atoms with van der Waals surface area (Å²) >= 11 is 0. The Morgan fingerprint density at radius 3 is 2.89 bits per heavy atom. The Labute approximate surface area is 111 Å². The monoisotopic (exact) mass is 267 g/mol. The fourth-order valence-corrected chi connectivity index (χ4v) is 1.39. The zero-order valence-corrected chi connectivity index (χ0v) is 10.6. The standard InChI is InChI=1S/C14H18FNO3/c15-13-5-2-1-4-12(13)6-7-14(18)16-8-3-10-19-11-9-17/h1-2,4-7,17H,3,8-11H2,(H,16,18)/b7-6+. The second-order valence-corrected chi connectivity index (χ2v) is 3.84. The van der Waals surface area contributed by atoms with Crippen molar-refractivity contribution in [2.45, 2.75) is 6.42 Å². The molecule has 0 aliphatic rings. The number of carbonyl (C=O) groups is 1. The summed E-state index contributed by atoms with van der Waals surface area (Å²) in [7, 11) is 0. The number of benzene rings is 1. The van der Waals surface area contributed by atoms with Crippen LogP contribution in [-0.4, -0.2) is 37.4 Å². The van der Waals surface area contributed by atoms with E-state index in [0.717, 1.165) is 0 Å². The van der Waals surface area contributed by atoms with Crippen LogP contribution in [0.5, 0.6) is 0 Å². The van der Waals surface area contributed by atoms with Crippen LogP contribution in [0, 0.1) is 5.82 Å². The fourth-order valence-electron chi connectivity index (χ4n) is 1.39. The SMILES string of the molecule is O=C(/C=C/c1ccccc1F)NCCCOCCO. The van der Waals surface area contributed by atoms with Crippen molar-refractivity contribution in [3.8, 4) is 0 Å². The highest BCUT2D eigenvalue weighted by Gasteiger charge is 1.98. The Bertz CT molecular complexity index is 421. The summed E-state index contributed by atoms with van der Waals surface area (Å²) < 4.78 is 18.3. The van der Waals surface area contributed by atoms with Gasteiger partial charge in [0.25, 0.3) is 0 Å². The number of hydrogen-bond acceptors (Lipinski definition) is 3. The maximum atomic E-state index is 13.2. The lowest BCUT2D eigenvalue weighted by Crippen LogP contribution is -2.23. The predicted molar refractivity (Wildman–Crippen MR) is 71.0 cm³/mol. The van der Waals surface area contributed by atoms with Gasteiger partial charge in [0, 0.05) is 24.8 Å². The van der Waals surface area contributed by atoms with Gasteiger partial charge in [0.1, 0.15) is 5.82 Å². The molecule has 0 radical (unpaired) electrons. The number of aliphatic hydroxyl groups is 1. The molecular weight excluding hydrogens is 249 g/mol. The van der Waals surface area contributed by atoms with Crippen LogP contribution in [0.1, 0.15) is 12.0 Å². The van der Waals surface area contributed by atoms with Gasteiger partial charge in [0.05, 0.1) is 13.2 Å². The van der Waals surface area contributed by atoms with Crippen LogP contribution in [0.15, 0.2) is 30.3 Å². The van der Waals surface area contributed by atoms with Gasteiger partial charge in [-0.1, -0.05) is 18.2 Å². The second-order valence-electron chi connectivity index (χ2n) is 3.84. The Hall–Kier alpha value is -1.72. The molecular formula is C14H18FNO3. The molecule has 0 fully saturated rings. The molecule has 0 atom stereocenters. The van der Waals surface area contributed by atoms with Gasteiger partial charge in [-0.15, -0.1) is 0 Å². The van der Waals surface area contributed by atoms with Crippen LogP contribution in [0.2, 0.25) is 0 Å². The highest BCUT2D eigenvalue weighted by atomic mass is 19.1. The van der Waals surface area contributed by atoms with E-state index in [4.69, 9.17) is 9.84 Å². The molecule has 0 bridgehead atoms. The van der Waals surface area contributed by atoms with Crippen LogP contribution >= 0.6 is 0 Å². The quantitative estimate of drug-likeness (QED) is 0.552. The summed E-state index contributed by atoms with van der Waals surface area (Å²) in [6.45, 7) is 1.27. The number of hydrogen-bond donors (Lipinski definition) is 2. The minimum atomic E-state index is -0.357. The van der Waals surface area contributed by atoms with Crippen LogP contribution in [0.4, 0.5) is 4.39 Å². The van der Waals surface area contributed by atoms with Gasteiger partial charge in [-0.25, -0.2) is 4.39 Å². The average Bonchev–Trinajstić information content (AvgIpc) is 2.42. The smallest absolute Gasteiger partial charge is 0.244 e. The summed E-state index contributed by atoms with van der Waals surface area (Å²) in [4.78, 5) is 11.4. The summed E-state index contributed by atoms with van der Waals surface area (Å²) in [5.41, 5.74) is 0.379. The Kier molecular flexibility index (Phi) is 7.46. The van der Waals surface area contributed by atoms with Crippen LogP contribution in [0.25, 0.3) is 6.08 Å². The first-order valence-corrected chi connectivity index (χ1v) is 6.13. The van der Waals surface area contributed by atoms with Crippen LogP contribution < -0.4 is 5.32 Å². The Balaban J connectivity index is 2.22. The lowest BCUT2D eigenvalue weighted by Gasteiger charge is -2.03. The molecule has 1 aromatic carbocycles. The first kappa shape index (κ1) is 15.3. The normalized spacial score (nSPS) is 10.8. The Morgan fingerprint density at radius 1 is 1.37 bits per heavy atom. The van der Waals surface area contributed by atoms with Crippen LogP contribution in [0.3, 0.4) is 0 Å². The van der Waals surface area contributed by atoms with Crippen molar-refractivity contribution in [3.05, 3.63) is 41.7 Å². The number of amides is 1. The van der Waals surface area contributed by atoms with Gasteiger partial charge >= 0.3 is 0 Å². The average molecular weight is 267 g/mol. The van der Waals surface area contributed by atoms with E-state index in [9.17, 15) is 9.18 Å². The first-order chi connectivity index (χ1) is 9.24. The van der Waals surface area contributed by atoms with Gasteiger partial charge in [-0.05, 0) is 18.6 Å². The molecule has 1 amide bonds. The van der Waals surface area contributed by atoms with Gasteiger partial charge < -0.3 is 15.2 Å². The van der Waals surface area contributed by atoms with E-state index in [1.807, 2.05) is 0 Å². The van der Waals surface area contributed by atoms with Crippen molar-refractivity contribution in [2.24, 2.45) is 0 Å². The lowest BCUT2D eigenvalue weighted by molar-refractivity contribution is -0.116. The van der Waals surface area contributed by atoms with Crippen molar-refractivity contribution in [2.75, 3.05) is 26.4 Å². The van der Waals surface area contributed by atoms with Crippen molar-refractivity contribution < 1.29 is 19.0 Å². The molecule has 0 saturated heterocycles. The number of rotatable bonds is 8. The van der Waals surface area contributed by atoms with Crippen molar-refractivity contribution in [1.29, 1.82) is 0 Å². The van der Waals surface area contributed by atoms with E-state index in [1.165, 1.54) is 18.2 Å². The molecule has 0 unspecified atom stereocenters. The summed E-state index contributed by atoms with van der Waals surface area (Å²) in [5, 5.41) is 11.1. The molecule has 1 rings (SSSR count). The number of ether oxygens (including phenoxy) is 1. The summed E-state index contributed by atoms with van der Waals surface area (Å²) in [6, 6.07) is 6.25. The van der Waals surface area contributed by atoms with E-state index in [-0.39, 0.29) is 18.3 Å². The third-order valence-corrected chi connectivity index (χ3v) is 2.32. The largest absolute Gasteiger partial charge is 0.394 e. The molecule has 19 heavy (non-hydrogen) atoms. The summed E-state index contributed by atoms with van der Waals surface area (Å²) in [6.07, 6.45) is 3.40. The Morgan fingerprint density at radius 2 is 2.16 bits per heavy atom. The fraction of sp³-hybridized carbons (Fsp3) is 0.357. The molecule has 104 valence electrons. The number of aliphatic hydroxyl groups excluding tert-OH is 1. The third kappa shape index (κ3) is 6.69. The molecule has 0 aliphatic carbocycles. The maximum absolute atomic E-state index is 13.2. The van der Waals surface area contributed by atoms with Crippen molar-refractivity contribution in [1.82, 2.24) is 5.32 Å². The molecule has 4 nitrogen and oxygen atoms in total. The van der Waals surface area contributed by atoms with E-state index in [1.54, 1.807) is 18.2 Å². The third-order valence-electron chi connectivity index (χ3n) is 2.32. The minimum Gasteiger partial charge on any atom is -0.394 e. The zero-order chi connectivity index (χ0) is 13.9. The van der Waals surface area contributed by atoms with E-state index in [2.05, 4.69) is 5.32 Å². The number of nitrogens with one attached hydrogen (secondary N) is 1. The first-order valence-electron chi connectivity index (χ1n) is 6.13. The maximum Gasteiger partial charge on any atom is 0.244 e. The number of halogens is 1. The highest BCUT2D eigenvalue weighted by molar-refractivity contribution is 5.91. The molecule has 1 aromatic rings. The lowest BCUT2D eigenvalue weighted by atomic mass is 10.2. The van der Waals surface area contributed by atoms with Gasteiger partial charge in [-0.2, -0.15) is 0 Å².